The maximum atomic E-state index is 12.1. The van der Waals surface area contributed by atoms with Crippen molar-refractivity contribution in [2.75, 3.05) is 11.9 Å². The number of aromatic nitrogens is 1. The Bertz CT molecular complexity index is 924. The van der Waals surface area contributed by atoms with E-state index in [0.717, 1.165) is 28.1 Å². The summed E-state index contributed by atoms with van der Waals surface area (Å²) in [5.41, 5.74) is 3.11. The summed E-state index contributed by atoms with van der Waals surface area (Å²) in [7, 11) is 0. The highest BCUT2D eigenvalue weighted by atomic mass is 35.5. The molecule has 134 valence electrons. The molecule has 0 aliphatic carbocycles. The van der Waals surface area contributed by atoms with Gasteiger partial charge in [0.15, 0.2) is 11.7 Å². The van der Waals surface area contributed by atoms with Gasteiger partial charge in [0, 0.05) is 16.3 Å². The van der Waals surface area contributed by atoms with Gasteiger partial charge in [-0.1, -0.05) is 35.9 Å². The largest absolute Gasteiger partial charge is 0.484 e. The van der Waals surface area contributed by atoms with Gasteiger partial charge in [0.05, 0.1) is 5.69 Å². The second-order valence-electron chi connectivity index (χ2n) is 5.99. The van der Waals surface area contributed by atoms with Gasteiger partial charge < -0.3 is 4.74 Å². The average Bonchev–Trinajstić information content (AvgIpc) is 2.92. The number of ether oxygens (including phenoxy) is 1. The summed E-state index contributed by atoms with van der Waals surface area (Å²) in [6.45, 7) is 3.87. The van der Waals surface area contributed by atoms with E-state index in [1.54, 1.807) is 0 Å². The van der Waals surface area contributed by atoms with Crippen LogP contribution in [0, 0.1) is 13.8 Å². The van der Waals surface area contributed by atoms with Gasteiger partial charge in [-0.3, -0.25) is 10.1 Å². The van der Waals surface area contributed by atoms with Gasteiger partial charge in [0.2, 0.25) is 0 Å². The molecule has 2 aromatic carbocycles. The smallest absolute Gasteiger partial charge is 0.264 e. The third-order valence-corrected chi connectivity index (χ3v) is 5.06. The van der Waals surface area contributed by atoms with Crippen molar-refractivity contribution in [3.8, 4) is 5.75 Å². The van der Waals surface area contributed by atoms with E-state index in [-0.39, 0.29) is 12.5 Å². The molecule has 3 aromatic rings. The minimum atomic E-state index is -0.227. The maximum absolute atomic E-state index is 12.1. The minimum absolute atomic E-state index is 0.0499. The molecule has 0 atom stereocenters. The lowest BCUT2D eigenvalue weighted by atomic mass is 10.1. The lowest BCUT2D eigenvalue weighted by molar-refractivity contribution is -0.118. The summed E-state index contributed by atoms with van der Waals surface area (Å²) < 4.78 is 5.52. The number of aryl methyl sites for hydroxylation is 2. The SMILES string of the molecule is Cc1cccc(OCC(=O)Nc2nc(C)c(Cc3cccc(Cl)c3)s2)c1. The van der Waals surface area contributed by atoms with Crippen LogP contribution in [0.2, 0.25) is 5.02 Å². The van der Waals surface area contributed by atoms with Crippen molar-refractivity contribution in [3.63, 3.8) is 0 Å². The number of carbonyl (C=O) groups excluding carboxylic acids is 1. The fraction of sp³-hybridized carbons (Fsp3) is 0.200. The first-order valence-corrected chi connectivity index (χ1v) is 9.39. The molecule has 0 radical (unpaired) electrons. The van der Waals surface area contributed by atoms with E-state index in [0.29, 0.717) is 15.9 Å². The number of hydrogen-bond acceptors (Lipinski definition) is 4. The summed E-state index contributed by atoms with van der Waals surface area (Å²) in [6.07, 6.45) is 0.736. The molecule has 0 saturated heterocycles. The van der Waals surface area contributed by atoms with Crippen molar-refractivity contribution in [1.82, 2.24) is 4.98 Å². The number of thiazole rings is 1. The maximum Gasteiger partial charge on any atom is 0.264 e. The van der Waals surface area contributed by atoms with Crippen LogP contribution >= 0.6 is 22.9 Å². The third-order valence-electron chi connectivity index (χ3n) is 3.75. The number of benzene rings is 2. The van der Waals surface area contributed by atoms with E-state index in [1.165, 1.54) is 11.3 Å². The highest BCUT2D eigenvalue weighted by Crippen LogP contribution is 2.26. The summed E-state index contributed by atoms with van der Waals surface area (Å²) in [4.78, 5) is 17.6. The third kappa shape index (κ3) is 5.07. The van der Waals surface area contributed by atoms with Crippen LogP contribution in [-0.4, -0.2) is 17.5 Å². The fourth-order valence-electron chi connectivity index (χ4n) is 2.49. The van der Waals surface area contributed by atoms with Crippen LogP contribution in [0.5, 0.6) is 5.75 Å². The molecule has 1 amide bonds. The van der Waals surface area contributed by atoms with Gasteiger partial charge in [-0.2, -0.15) is 0 Å². The molecule has 26 heavy (non-hydrogen) atoms. The van der Waals surface area contributed by atoms with E-state index in [4.69, 9.17) is 16.3 Å². The quantitative estimate of drug-likeness (QED) is 0.647. The number of halogens is 1. The van der Waals surface area contributed by atoms with Crippen molar-refractivity contribution in [2.45, 2.75) is 20.3 Å². The molecule has 0 unspecified atom stereocenters. The van der Waals surface area contributed by atoms with Gasteiger partial charge in [0.1, 0.15) is 5.75 Å². The van der Waals surface area contributed by atoms with E-state index in [1.807, 2.05) is 62.4 Å². The van der Waals surface area contributed by atoms with Crippen molar-refractivity contribution < 1.29 is 9.53 Å². The van der Waals surface area contributed by atoms with Crippen LogP contribution in [0.25, 0.3) is 0 Å². The summed E-state index contributed by atoms with van der Waals surface area (Å²) in [6, 6.07) is 15.3. The number of amides is 1. The number of nitrogens with zero attached hydrogens (tertiary/aromatic N) is 1. The van der Waals surface area contributed by atoms with Crippen molar-refractivity contribution >= 4 is 34.0 Å². The van der Waals surface area contributed by atoms with E-state index < -0.39 is 0 Å². The molecular weight excluding hydrogens is 368 g/mol. The Morgan fingerprint density at radius 3 is 2.77 bits per heavy atom. The predicted molar refractivity (Wildman–Crippen MR) is 106 cm³/mol. The normalized spacial score (nSPS) is 10.6. The second-order valence-corrected chi connectivity index (χ2v) is 7.51. The summed E-state index contributed by atoms with van der Waals surface area (Å²) >= 11 is 7.51. The highest BCUT2D eigenvalue weighted by molar-refractivity contribution is 7.15. The lowest BCUT2D eigenvalue weighted by Crippen LogP contribution is -2.20. The second kappa shape index (κ2) is 8.34. The van der Waals surface area contributed by atoms with E-state index in [2.05, 4.69) is 10.3 Å². The number of nitrogens with one attached hydrogen (secondary N) is 1. The van der Waals surface area contributed by atoms with Crippen LogP contribution in [-0.2, 0) is 11.2 Å². The van der Waals surface area contributed by atoms with Crippen molar-refractivity contribution in [3.05, 3.63) is 75.3 Å². The number of carbonyl (C=O) groups is 1. The molecule has 0 saturated carbocycles. The lowest BCUT2D eigenvalue weighted by Gasteiger charge is -2.06. The van der Waals surface area contributed by atoms with Gasteiger partial charge >= 0.3 is 0 Å². The molecular formula is C20H19ClN2O2S. The Hall–Kier alpha value is -2.37. The number of rotatable bonds is 6. The van der Waals surface area contributed by atoms with Crippen molar-refractivity contribution in [2.24, 2.45) is 0 Å². The van der Waals surface area contributed by atoms with Crippen LogP contribution in [0.15, 0.2) is 48.5 Å². The van der Waals surface area contributed by atoms with Gasteiger partial charge in [-0.15, -0.1) is 11.3 Å². The zero-order valence-corrected chi connectivity index (χ0v) is 16.2. The molecule has 0 aliphatic heterocycles. The molecule has 1 aromatic heterocycles. The molecule has 0 fully saturated rings. The van der Waals surface area contributed by atoms with Crippen LogP contribution < -0.4 is 10.1 Å². The molecule has 0 bridgehead atoms. The first-order chi connectivity index (χ1) is 12.5. The molecule has 0 aliphatic rings. The van der Waals surface area contributed by atoms with Gasteiger partial charge in [0.25, 0.3) is 5.91 Å². The molecule has 6 heteroatoms. The predicted octanol–water partition coefficient (Wildman–Crippen LogP) is 5.02. The Morgan fingerprint density at radius 1 is 1.19 bits per heavy atom. The summed E-state index contributed by atoms with van der Waals surface area (Å²) in [5.74, 6) is 0.451. The fourth-order valence-corrected chi connectivity index (χ4v) is 3.71. The van der Waals surface area contributed by atoms with Gasteiger partial charge in [-0.05, 0) is 49.2 Å². The Kier molecular flexibility index (Phi) is 5.91. The molecule has 1 N–H and O–H groups in total. The minimum Gasteiger partial charge on any atom is -0.484 e. The van der Waals surface area contributed by atoms with Crippen LogP contribution in [0.1, 0.15) is 21.7 Å². The Labute approximate surface area is 161 Å². The first kappa shape index (κ1) is 18.4. The summed E-state index contributed by atoms with van der Waals surface area (Å²) in [5, 5.41) is 4.10. The number of anilines is 1. The van der Waals surface area contributed by atoms with Crippen molar-refractivity contribution in [1.29, 1.82) is 0 Å². The Balaban J connectivity index is 1.59. The zero-order chi connectivity index (χ0) is 18.5. The molecule has 1 heterocycles. The molecule has 4 nitrogen and oxygen atoms in total. The standard InChI is InChI=1S/C20H19ClN2O2S/c1-13-5-3-8-17(9-13)25-12-19(24)23-20-22-14(2)18(26-20)11-15-6-4-7-16(21)10-15/h3-10H,11-12H2,1-2H3,(H,22,23,24). The first-order valence-electron chi connectivity index (χ1n) is 8.19. The monoisotopic (exact) mass is 386 g/mol. The average molecular weight is 387 g/mol. The Morgan fingerprint density at radius 2 is 2.00 bits per heavy atom. The molecule has 0 spiro atoms. The topological polar surface area (TPSA) is 51.2 Å². The highest BCUT2D eigenvalue weighted by Gasteiger charge is 2.12. The number of hydrogen-bond donors (Lipinski definition) is 1. The van der Waals surface area contributed by atoms with Crippen LogP contribution in [0.4, 0.5) is 5.13 Å². The van der Waals surface area contributed by atoms with Gasteiger partial charge in [-0.25, -0.2) is 4.98 Å². The van der Waals surface area contributed by atoms with Crippen LogP contribution in [0.3, 0.4) is 0 Å². The van der Waals surface area contributed by atoms with E-state index >= 15 is 0 Å². The molecule has 3 rings (SSSR count). The van der Waals surface area contributed by atoms with E-state index in [9.17, 15) is 4.79 Å². The zero-order valence-electron chi connectivity index (χ0n) is 14.6.